The van der Waals surface area contributed by atoms with Crippen LogP contribution in [0.4, 0.5) is 0 Å². The van der Waals surface area contributed by atoms with Crippen LogP contribution in [0.15, 0.2) is 12.2 Å². The Morgan fingerprint density at radius 1 is 1.64 bits per heavy atom. The van der Waals surface area contributed by atoms with Crippen molar-refractivity contribution in [1.82, 2.24) is 0 Å². The third-order valence-electron chi connectivity index (χ3n) is 0.950. The zero-order chi connectivity index (χ0) is 8.91. The summed E-state index contributed by atoms with van der Waals surface area (Å²) in [7, 11) is -3.70. The molecule has 0 aliphatic rings. The van der Waals surface area contributed by atoms with Gasteiger partial charge < -0.3 is 5.11 Å². The van der Waals surface area contributed by atoms with Gasteiger partial charge in [0.1, 0.15) is 0 Å². The van der Waals surface area contributed by atoms with Crippen molar-refractivity contribution >= 4 is 10.1 Å². The maximum Gasteiger partial charge on any atom is 0.291 e. The van der Waals surface area contributed by atoms with Crippen LogP contribution in [0.5, 0.6) is 0 Å². The second kappa shape index (κ2) is 4.48. The third-order valence-corrected chi connectivity index (χ3v) is 1.79. The first-order valence-electron chi connectivity index (χ1n) is 3.10. The molecule has 5 heteroatoms. The molecule has 0 aliphatic heterocycles. The SMILES string of the molecule is C=C(C)CCOS(=O)(=O)CO. The van der Waals surface area contributed by atoms with Crippen LogP contribution in [0, 0.1) is 0 Å². The highest BCUT2D eigenvalue weighted by Crippen LogP contribution is 1.98. The number of hydrogen-bond acceptors (Lipinski definition) is 4. The summed E-state index contributed by atoms with van der Waals surface area (Å²) in [5, 5.41) is 8.22. The van der Waals surface area contributed by atoms with Gasteiger partial charge in [0.15, 0.2) is 5.94 Å². The van der Waals surface area contributed by atoms with Crippen molar-refractivity contribution in [2.24, 2.45) is 0 Å². The number of rotatable bonds is 5. The fourth-order valence-corrected chi connectivity index (χ4v) is 0.792. The molecule has 1 N–H and O–H groups in total. The van der Waals surface area contributed by atoms with Crippen molar-refractivity contribution in [3.8, 4) is 0 Å². The molecule has 11 heavy (non-hydrogen) atoms. The summed E-state index contributed by atoms with van der Waals surface area (Å²) in [6, 6.07) is 0. The van der Waals surface area contributed by atoms with E-state index in [1.165, 1.54) is 0 Å². The highest BCUT2D eigenvalue weighted by Gasteiger charge is 2.07. The lowest BCUT2D eigenvalue weighted by atomic mass is 10.3. The Bertz CT molecular complexity index is 217. The van der Waals surface area contributed by atoms with E-state index < -0.39 is 16.1 Å². The minimum absolute atomic E-state index is 0.0538. The topological polar surface area (TPSA) is 63.6 Å². The number of aliphatic hydroxyl groups is 1. The summed E-state index contributed by atoms with van der Waals surface area (Å²) in [5.74, 6) is -0.969. The zero-order valence-electron chi connectivity index (χ0n) is 6.41. The summed E-state index contributed by atoms with van der Waals surface area (Å²) in [4.78, 5) is 0. The largest absolute Gasteiger partial charge is 0.378 e. The predicted molar refractivity (Wildman–Crippen MR) is 41.4 cm³/mol. The van der Waals surface area contributed by atoms with Crippen LogP contribution in [0.2, 0.25) is 0 Å². The summed E-state index contributed by atoms with van der Waals surface area (Å²) >= 11 is 0. The molecule has 0 saturated heterocycles. The van der Waals surface area contributed by atoms with Crippen molar-refractivity contribution in [3.05, 3.63) is 12.2 Å². The Morgan fingerprint density at radius 2 is 2.18 bits per heavy atom. The molecule has 0 atom stereocenters. The molecule has 0 radical (unpaired) electrons. The molecule has 0 aromatic rings. The van der Waals surface area contributed by atoms with Crippen LogP contribution in [0.3, 0.4) is 0 Å². The number of hydrogen-bond donors (Lipinski definition) is 1. The van der Waals surface area contributed by atoms with Crippen LogP contribution >= 0.6 is 0 Å². The van der Waals surface area contributed by atoms with Gasteiger partial charge in [0.25, 0.3) is 10.1 Å². The van der Waals surface area contributed by atoms with Gasteiger partial charge in [0, 0.05) is 0 Å². The third kappa shape index (κ3) is 6.03. The van der Waals surface area contributed by atoms with Crippen LogP contribution in [-0.4, -0.2) is 26.1 Å². The van der Waals surface area contributed by atoms with E-state index in [2.05, 4.69) is 10.8 Å². The van der Waals surface area contributed by atoms with E-state index in [1.807, 2.05) is 0 Å². The molecule has 0 aromatic heterocycles. The first-order chi connectivity index (χ1) is 4.98. The lowest BCUT2D eigenvalue weighted by Crippen LogP contribution is -2.10. The molecule has 66 valence electrons. The molecule has 0 unspecified atom stereocenters. The van der Waals surface area contributed by atoms with Crippen LogP contribution in [0.25, 0.3) is 0 Å². The minimum atomic E-state index is -3.70. The average Bonchev–Trinajstić information content (AvgIpc) is 1.87. The molecule has 0 aromatic carbocycles. The summed E-state index contributed by atoms with van der Waals surface area (Å²) in [6.45, 7) is 5.39. The van der Waals surface area contributed by atoms with Crippen molar-refractivity contribution < 1.29 is 17.7 Å². The normalized spacial score (nSPS) is 11.5. The van der Waals surface area contributed by atoms with Gasteiger partial charge in [-0.15, -0.1) is 6.58 Å². The number of aliphatic hydroxyl groups excluding tert-OH is 1. The smallest absolute Gasteiger partial charge is 0.291 e. The zero-order valence-corrected chi connectivity index (χ0v) is 7.23. The molecular weight excluding hydrogens is 168 g/mol. The monoisotopic (exact) mass is 180 g/mol. The molecule has 0 rings (SSSR count). The van der Waals surface area contributed by atoms with Crippen molar-refractivity contribution in [3.63, 3.8) is 0 Å². The Balaban J connectivity index is 3.63. The molecule has 0 amide bonds. The molecule has 0 heterocycles. The van der Waals surface area contributed by atoms with E-state index in [-0.39, 0.29) is 6.61 Å². The van der Waals surface area contributed by atoms with Gasteiger partial charge in [-0.3, -0.25) is 4.18 Å². The maximum absolute atomic E-state index is 10.5. The van der Waals surface area contributed by atoms with Gasteiger partial charge in [-0.05, 0) is 13.3 Å². The van der Waals surface area contributed by atoms with Crippen LogP contribution < -0.4 is 0 Å². The van der Waals surface area contributed by atoms with Crippen molar-refractivity contribution in [1.29, 1.82) is 0 Å². The second-order valence-corrected chi connectivity index (χ2v) is 3.83. The molecule has 0 aliphatic carbocycles. The van der Waals surface area contributed by atoms with E-state index in [1.54, 1.807) is 6.92 Å². The second-order valence-electron chi connectivity index (χ2n) is 2.22. The highest BCUT2D eigenvalue weighted by molar-refractivity contribution is 7.86. The van der Waals surface area contributed by atoms with Gasteiger partial charge in [0.05, 0.1) is 6.61 Å². The average molecular weight is 180 g/mol. The fraction of sp³-hybridized carbons (Fsp3) is 0.667. The first kappa shape index (κ1) is 10.6. The van der Waals surface area contributed by atoms with E-state index in [4.69, 9.17) is 5.11 Å². The Hall–Kier alpha value is -0.390. The molecule has 0 bridgehead atoms. The Kier molecular flexibility index (Phi) is 4.32. The fourth-order valence-electron chi connectivity index (χ4n) is 0.380. The van der Waals surface area contributed by atoms with Crippen molar-refractivity contribution in [2.45, 2.75) is 13.3 Å². The van der Waals surface area contributed by atoms with Gasteiger partial charge in [0.2, 0.25) is 0 Å². The molecule has 0 fully saturated rings. The molecule has 0 spiro atoms. The standard InChI is InChI=1S/C6H12O4S/c1-6(2)3-4-10-11(8,9)5-7/h7H,1,3-5H2,2H3. The van der Waals surface area contributed by atoms with Gasteiger partial charge in [-0.2, -0.15) is 8.42 Å². The molecule has 4 nitrogen and oxygen atoms in total. The predicted octanol–water partition coefficient (Wildman–Crippen LogP) is 0.249. The van der Waals surface area contributed by atoms with E-state index >= 15 is 0 Å². The Morgan fingerprint density at radius 3 is 2.55 bits per heavy atom. The lowest BCUT2D eigenvalue weighted by molar-refractivity contribution is 0.281. The summed E-state index contributed by atoms with van der Waals surface area (Å²) in [5.41, 5.74) is 0.845. The minimum Gasteiger partial charge on any atom is -0.378 e. The van der Waals surface area contributed by atoms with Gasteiger partial charge in [-0.1, -0.05) is 5.57 Å². The first-order valence-corrected chi connectivity index (χ1v) is 4.68. The maximum atomic E-state index is 10.5. The molecule has 0 saturated carbocycles. The highest BCUT2D eigenvalue weighted by atomic mass is 32.2. The van der Waals surface area contributed by atoms with Crippen LogP contribution in [-0.2, 0) is 14.3 Å². The summed E-state index contributed by atoms with van der Waals surface area (Å²) < 4.78 is 25.3. The van der Waals surface area contributed by atoms with Gasteiger partial charge >= 0.3 is 0 Å². The molecular formula is C6H12O4S. The van der Waals surface area contributed by atoms with Crippen LogP contribution in [0.1, 0.15) is 13.3 Å². The Labute approximate surface area is 66.6 Å². The lowest BCUT2D eigenvalue weighted by Gasteiger charge is -2.01. The quantitative estimate of drug-likeness (QED) is 0.486. The van der Waals surface area contributed by atoms with Gasteiger partial charge in [-0.25, -0.2) is 0 Å². The van der Waals surface area contributed by atoms with E-state index in [0.717, 1.165) is 5.57 Å². The van der Waals surface area contributed by atoms with E-state index in [0.29, 0.717) is 6.42 Å². The van der Waals surface area contributed by atoms with E-state index in [9.17, 15) is 8.42 Å². The van der Waals surface area contributed by atoms with Crippen molar-refractivity contribution in [2.75, 3.05) is 12.5 Å². The summed E-state index contributed by atoms with van der Waals surface area (Å²) in [6.07, 6.45) is 0.485.